The monoisotopic (exact) mass is 365 g/mol. The maximum atomic E-state index is 9.71. The number of nitrogens with one attached hydrogen (secondary N) is 1. The lowest BCUT2D eigenvalue weighted by Gasteiger charge is -2.26. The Labute approximate surface area is 157 Å². The average Bonchev–Trinajstić information content (AvgIpc) is 2.68. The van der Waals surface area contributed by atoms with Crippen molar-refractivity contribution in [3.8, 4) is 23.6 Å². The van der Waals surface area contributed by atoms with Gasteiger partial charge in [0.1, 0.15) is 29.0 Å². The number of nitriles is 2. The van der Waals surface area contributed by atoms with E-state index in [1.807, 2.05) is 38.1 Å². The van der Waals surface area contributed by atoms with Crippen LogP contribution in [0.4, 0.5) is 11.4 Å². The van der Waals surface area contributed by atoms with Crippen LogP contribution in [-0.2, 0) is 0 Å². The number of rotatable bonds is 6. The first-order valence-corrected chi connectivity index (χ1v) is 9.40. The van der Waals surface area contributed by atoms with Crippen molar-refractivity contribution >= 4 is 23.1 Å². The van der Waals surface area contributed by atoms with Crippen molar-refractivity contribution in [2.45, 2.75) is 36.5 Å². The molecule has 0 radical (unpaired) electrons. The topological polar surface area (TPSA) is 78.1 Å². The fourth-order valence-corrected chi connectivity index (χ4v) is 3.80. The molecule has 1 aliphatic heterocycles. The summed E-state index contributed by atoms with van der Waals surface area (Å²) < 4.78 is 11.8. The van der Waals surface area contributed by atoms with Gasteiger partial charge in [-0.25, -0.2) is 0 Å². The lowest BCUT2D eigenvalue weighted by molar-refractivity contribution is 0.302. The number of anilines is 2. The molecule has 3 rings (SSSR count). The summed E-state index contributed by atoms with van der Waals surface area (Å²) in [6.45, 7) is 4.95. The Hall–Kier alpha value is -2.83. The number of fused-ring (bicyclic) bond motifs is 2. The van der Waals surface area contributed by atoms with Gasteiger partial charge in [0.25, 0.3) is 0 Å². The van der Waals surface area contributed by atoms with Crippen LogP contribution < -0.4 is 14.8 Å². The van der Waals surface area contributed by atoms with E-state index in [1.54, 1.807) is 0 Å². The normalized spacial score (nSPS) is 11.4. The quantitative estimate of drug-likeness (QED) is 0.645. The molecule has 1 N–H and O–H groups in total. The SMILES string of the molecule is CCCOc1c(C#N)c(C#N)c(OCCC)c2c1Nc1ccccc1S2. The molecule has 0 aromatic heterocycles. The minimum atomic E-state index is 0.221. The van der Waals surface area contributed by atoms with Crippen molar-refractivity contribution in [1.82, 2.24) is 0 Å². The van der Waals surface area contributed by atoms with Crippen molar-refractivity contribution in [2.24, 2.45) is 0 Å². The summed E-state index contributed by atoms with van der Waals surface area (Å²) in [4.78, 5) is 1.83. The van der Waals surface area contributed by atoms with Crippen LogP contribution in [0.5, 0.6) is 11.5 Å². The predicted molar refractivity (Wildman–Crippen MR) is 101 cm³/mol. The first-order valence-electron chi connectivity index (χ1n) is 8.58. The Balaban J connectivity index is 2.25. The average molecular weight is 365 g/mol. The van der Waals surface area contributed by atoms with Gasteiger partial charge in [-0.05, 0) is 25.0 Å². The van der Waals surface area contributed by atoms with Crippen LogP contribution in [0.15, 0.2) is 34.1 Å². The van der Waals surface area contributed by atoms with Gasteiger partial charge in [-0.15, -0.1) is 0 Å². The first-order chi connectivity index (χ1) is 12.7. The van der Waals surface area contributed by atoms with Crippen LogP contribution in [0.2, 0.25) is 0 Å². The minimum absolute atomic E-state index is 0.221. The van der Waals surface area contributed by atoms with Gasteiger partial charge in [0.05, 0.1) is 23.8 Å². The Morgan fingerprint density at radius 2 is 1.58 bits per heavy atom. The number of para-hydroxylation sites is 1. The van der Waals surface area contributed by atoms with Crippen LogP contribution in [0, 0.1) is 22.7 Å². The third-order valence-corrected chi connectivity index (χ3v) is 5.02. The standard InChI is InChI=1S/C20H19N3O2S/c1-3-9-24-18-13(11-21)14(12-22)19(25-10-4-2)20-17(18)23-15-7-5-6-8-16(15)26-20/h5-8,23H,3-4,9-10H2,1-2H3. The molecule has 0 bridgehead atoms. The van der Waals surface area contributed by atoms with E-state index < -0.39 is 0 Å². The zero-order valence-electron chi connectivity index (χ0n) is 14.8. The lowest BCUT2D eigenvalue weighted by Crippen LogP contribution is -2.10. The van der Waals surface area contributed by atoms with Crippen molar-refractivity contribution in [2.75, 3.05) is 18.5 Å². The van der Waals surface area contributed by atoms with Crippen LogP contribution >= 0.6 is 11.8 Å². The van der Waals surface area contributed by atoms with E-state index in [-0.39, 0.29) is 11.1 Å². The van der Waals surface area contributed by atoms with Gasteiger partial charge in [0.2, 0.25) is 0 Å². The number of hydrogen-bond donors (Lipinski definition) is 1. The largest absolute Gasteiger partial charge is 0.491 e. The Bertz CT molecular complexity index is 839. The first kappa shape index (κ1) is 18.0. The van der Waals surface area contributed by atoms with Gasteiger partial charge in [-0.2, -0.15) is 10.5 Å². The maximum Gasteiger partial charge on any atom is 0.163 e. The highest BCUT2D eigenvalue weighted by molar-refractivity contribution is 7.99. The summed E-state index contributed by atoms with van der Waals surface area (Å²) in [6.07, 6.45) is 1.61. The molecule has 0 atom stereocenters. The highest BCUT2D eigenvalue weighted by Gasteiger charge is 2.30. The highest BCUT2D eigenvalue weighted by Crippen LogP contribution is 2.54. The van der Waals surface area contributed by atoms with Gasteiger partial charge in [-0.1, -0.05) is 37.7 Å². The Kier molecular flexibility index (Phi) is 5.55. The van der Waals surface area contributed by atoms with E-state index >= 15 is 0 Å². The second-order valence-electron chi connectivity index (χ2n) is 5.76. The molecule has 2 aromatic rings. The summed E-state index contributed by atoms with van der Waals surface area (Å²) in [5, 5.41) is 22.8. The molecule has 1 aliphatic rings. The van der Waals surface area contributed by atoms with Crippen molar-refractivity contribution < 1.29 is 9.47 Å². The third kappa shape index (κ3) is 3.16. The van der Waals surface area contributed by atoms with Crippen LogP contribution in [0.3, 0.4) is 0 Å². The zero-order valence-corrected chi connectivity index (χ0v) is 15.6. The molecule has 0 aliphatic carbocycles. The molecule has 0 saturated carbocycles. The predicted octanol–water partition coefficient (Wildman–Crippen LogP) is 5.22. The summed E-state index contributed by atoms with van der Waals surface area (Å²) >= 11 is 1.53. The van der Waals surface area contributed by atoms with Gasteiger partial charge in [0.15, 0.2) is 11.5 Å². The molecule has 0 spiro atoms. The van der Waals surface area contributed by atoms with E-state index in [0.29, 0.717) is 30.4 Å². The van der Waals surface area contributed by atoms with Crippen LogP contribution in [0.25, 0.3) is 0 Å². The molecule has 2 aromatic carbocycles. The molecule has 0 saturated heterocycles. The second-order valence-corrected chi connectivity index (χ2v) is 6.81. The minimum Gasteiger partial charge on any atom is -0.491 e. The molecule has 1 heterocycles. The van der Waals surface area contributed by atoms with Gasteiger partial charge < -0.3 is 14.8 Å². The molecular formula is C20H19N3O2S. The van der Waals surface area contributed by atoms with Crippen molar-refractivity contribution in [3.63, 3.8) is 0 Å². The van der Waals surface area contributed by atoms with E-state index in [0.717, 1.165) is 28.3 Å². The highest BCUT2D eigenvalue weighted by atomic mass is 32.2. The van der Waals surface area contributed by atoms with Crippen LogP contribution in [0.1, 0.15) is 37.8 Å². The van der Waals surface area contributed by atoms with E-state index in [1.165, 1.54) is 11.8 Å². The zero-order chi connectivity index (χ0) is 18.5. The molecule has 0 unspecified atom stereocenters. The number of benzene rings is 2. The second kappa shape index (κ2) is 8.03. The molecule has 132 valence electrons. The summed E-state index contributed by atoms with van der Waals surface area (Å²) in [7, 11) is 0. The fraction of sp³-hybridized carbons (Fsp3) is 0.300. The van der Waals surface area contributed by atoms with Crippen LogP contribution in [-0.4, -0.2) is 13.2 Å². The third-order valence-electron chi connectivity index (χ3n) is 3.85. The van der Waals surface area contributed by atoms with Crippen molar-refractivity contribution in [3.05, 3.63) is 35.4 Å². The molecule has 0 amide bonds. The Morgan fingerprint density at radius 3 is 2.23 bits per heavy atom. The van der Waals surface area contributed by atoms with Gasteiger partial charge in [-0.3, -0.25) is 0 Å². The molecule has 5 nitrogen and oxygen atoms in total. The van der Waals surface area contributed by atoms with E-state index in [9.17, 15) is 10.5 Å². The van der Waals surface area contributed by atoms with Gasteiger partial charge in [0, 0.05) is 4.90 Å². The van der Waals surface area contributed by atoms with Crippen molar-refractivity contribution in [1.29, 1.82) is 10.5 Å². The molecule has 0 fully saturated rings. The summed E-state index contributed by atoms with van der Waals surface area (Å²) in [5.41, 5.74) is 2.10. The number of nitrogens with zero attached hydrogens (tertiary/aromatic N) is 2. The molecule has 6 heteroatoms. The summed E-state index contributed by atoms with van der Waals surface area (Å²) in [6, 6.07) is 12.2. The van der Waals surface area contributed by atoms with E-state index in [2.05, 4.69) is 17.5 Å². The molecule has 26 heavy (non-hydrogen) atoms. The van der Waals surface area contributed by atoms with E-state index in [4.69, 9.17) is 9.47 Å². The molecular weight excluding hydrogens is 346 g/mol. The number of ether oxygens (including phenoxy) is 2. The lowest BCUT2D eigenvalue weighted by atomic mass is 10.0. The Morgan fingerprint density at radius 1 is 0.962 bits per heavy atom. The van der Waals surface area contributed by atoms with Gasteiger partial charge >= 0.3 is 0 Å². The summed E-state index contributed by atoms with van der Waals surface area (Å²) in [5.74, 6) is 0.878. The fourth-order valence-electron chi connectivity index (χ4n) is 2.70. The maximum absolute atomic E-state index is 9.71. The smallest absolute Gasteiger partial charge is 0.163 e. The number of hydrogen-bond acceptors (Lipinski definition) is 6.